The molecule has 0 atom stereocenters. The number of amides is 1. The summed E-state index contributed by atoms with van der Waals surface area (Å²) in [5.74, 6) is 0. The fraction of sp³-hybridized carbons (Fsp3) is 0.500. The molecule has 8 heteroatoms. The molecule has 0 fully saturated rings. The van der Waals surface area contributed by atoms with E-state index < -0.39 is 23.4 Å². The highest BCUT2D eigenvalue weighted by Crippen LogP contribution is 2.33. The maximum Gasteiger partial charge on any atom is 0.416 e. The quantitative estimate of drug-likeness (QED) is 0.758. The minimum absolute atomic E-state index is 0.225. The first-order valence-corrected chi connectivity index (χ1v) is 7.35. The number of hydrogen-bond donors (Lipinski definition) is 2. The third-order valence-electron chi connectivity index (χ3n) is 2.35. The zero-order chi connectivity index (χ0) is 17.0. The second-order valence-corrected chi connectivity index (χ2v) is 6.50. The number of alkyl halides is 3. The maximum atomic E-state index is 12.7. The Bertz CT molecular complexity index is 528. The van der Waals surface area contributed by atoms with Crippen LogP contribution >= 0.6 is 15.9 Å². The van der Waals surface area contributed by atoms with Crippen molar-refractivity contribution in [2.45, 2.75) is 32.5 Å². The van der Waals surface area contributed by atoms with E-state index in [0.717, 1.165) is 12.1 Å². The molecular formula is C14H18BrF3N2O2. The van der Waals surface area contributed by atoms with E-state index >= 15 is 0 Å². The minimum Gasteiger partial charge on any atom is -0.444 e. The van der Waals surface area contributed by atoms with E-state index in [4.69, 9.17) is 4.74 Å². The van der Waals surface area contributed by atoms with Crippen LogP contribution in [0.2, 0.25) is 0 Å². The molecule has 1 aromatic carbocycles. The average molecular weight is 383 g/mol. The van der Waals surface area contributed by atoms with Crippen LogP contribution in [0.1, 0.15) is 26.3 Å². The molecule has 0 saturated carbocycles. The van der Waals surface area contributed by atoms with Crippen LogP contribution in [-0.2, 0) is 10.9 Å². The molecule has 0 bridgehead atoms. The Kier molecular flexibility index (Phi) is 6.10. The van der Waals surface area contributed by atoms with E-state index in [2.05, 4.69) is 26.6 Å². The zero-order valence-corrected chi connectivity index (χ0v) is 14.1. The van der Waals surface area contributed by atoms with Gasteiger partial charge in [-0.2, -0.15) is 13.2 Å². The number of rotatable bonds is 4. The first-order chi connectivity index (χ1) is 9.97. The average Bonchev–Trinajstić information content (AvgIpc) is 2.30. The predicted molar refractivity (Wildman–Crippen MR) is 81.9 cm³/mol. The number of alkyl carbamates (subject to hydrolysis) is 1. The molecule has 0 spiro atoms. The molecule has 22 heavy (non-hydrogen) atoms. The number of anilines is 1. The number of carbonyl (C=O) groups is 1. The van der Waals surface area contributed by atoms with Crippen LogP contribution in [0.25, 0.3) is 0 Å². The van der Waals surface area contributed by atoms with Gasteiger partial charge in [0, 0.05) is 23.2 Å². The number of nitrogens with one attached hydrogen (secondary N) is 2. The van der Waals surface area contributed by atoms with Crippen LogP contribution in [0.5, 0.6) is 0 Å². The van der Waals surface area contributed by atoms with Crippen LogP contribution in [0, 0.1) is 0 Å². The van der Waals surface area contributed by atoms with Crippen LogP contribution in [0.3, 0.4) is 0 Å². The summed E-state index contributed by atoms with van der Waals surface area (Å²) in [5.41, 5.74) is -1.03. The van der Waals surface area contributed by atoms with E-state index in [1.54, 1.807) is 20.8 Å². The molecule has 0 heterocycles. The minimum atomic E-state index is -4.41. The molecule has 1 amide bonds. The molecule has 4 nitrogen and oxygen atoms in total. The number of halogens is 4. The van der Waals surface area contributed by atoms with Gasteiger partial charge in [-0.3, -0.25) is 0 Å². The summed E-state index contributed by atoms with van der Waals surface area (Å²) in [5, 5.41) is 5.33. The van der Waals surface area contributed by atoms with Gasteiger partial charge in [0.15, 0.2) is 0 Å². The Hall–Kier alpha value is -1.44. The molecule has 1 aromatic rings. The van der Waals surface area contributed by atoms with Gasteiger partial charge in [0.2, 0.25) is 0 Å². The van der Waals surface area contributed by atoms with Crippen molar-refractivity contribution < 1.29 is 22.7 Å². The van der Waals surface area contributed by atoms with E-state index in [1.807, 2.05) is 0 Å². The molecule has 0 radical (unpaired) electrons. The Morgan fingerprint density at radius 1 is 1.18 bits per heavy atom. The van der Waals surface area contributed by atoms with Gasteiger partial charge in [0.25, 0.3) is 0 Å². The molecule has 0 aliphatic rings. The normalized spacial score (nSPS) is 12.0. The van der Waals surface area contributed by atoms with E-state index in [0.29, 0.717) is 10.2 Å². The summed E-state index contributed by atoms with van der Waals surface area (Å²) in [6.07, 6.45) is -4.98. The number of ether oxygens (including phenoxy) is 1. The SMILES string of the molecule is CC(C)(C)OC(=O)NCCNc1cc(Br)cc(C(F)(F)F)c1. The lowest BCUT2D eigenvalue weighted by molar-refractivity contribution is -0.137. The highest BCUT2D eigenvalue weighted by Gasteiger charge is 2.31. The summed E-state index contributed by atoms with van der Waals surface area (Å²) in [6.45, 7) is 5.72. The topological polar surface area (TPSA) is 50.4 Å². The smallest absolute Gasteiger partial charge is 0.416 e. The largest absolute Gasteiger partial charge is 0.444 e. The van der Waals surface area contributed by atoms with Crippen LogP contribution in [-0.4, -0.2) is 24.8 Å². The Balaban J connectivity index is 2.49. The van der Waals surface area contributed by atoms with Crippen LogP contribution in [0.15, 0.2) is 22.7 Å². The van der Waals surface area contributed by atoms with Crippen molar-refractivity contribution in [3.63, 3.8) is 0 Å². The van der Waals surface area contributed by atoms with Crippen LogP contribution < -0.4 is 10.6 Å². The lowest BCUT2D eigenvalue weighted by Crippen LogP contribution is -2.35. The molecule has 124 valence electrons. The molecule has 0 saturated heterocycles. The monoisotopic (exact) mass is 382 g/mol. The molecule has 0 aliphatic heterocycles. The highest BCUT2D eigenvalue weighted by molar-refractivity contribution is 9.10. The summed E-state index contributed by atoms with van der Waals surface area (Å²) < 4.78 is 43.4. The molecule has 1 rings (SSSR count). The van der Waals surface area contributed by atoms with Gasteiger partial charge in [-0.25, -0.2) is 4.79 Å². The molecular weight excluding hydrogens is 365 g/mol. The van der Waals surface area contributed by atoms with Gasteiger partial charge in [0.1, 0.15) is 5.60 Å². The third-order valence-corrected chi connectivity index (χ3v) is 2.81. The van der Waals surface area contributed by atoms with Crippen LogP contribution in [0.4, 0.5) is 23.7 Å². The third kappa shape index (κ3) is 7.02. The number of hydrogen-bond acceptors (Lipinski definition) is 3. The molecule has 0 aliphatic carbocycles. The number of carbonyl (C=O) groups excluding carboxylic acids is 1. The fourth-order valence-electron chi connectivity index (χ4n) is 1.54. The molecule has 0 unspecified atom stereocenters. The van der Waals surface area contributed by atoms with Gasteiger partial charge in [-0.05, 0) is 39.0 Å². The first kappa shape index (κ1) is 18.6. The van der Waals surface area contributed by atoms with Gasteiger partial charge in [-0.15, -0.1) is 0 Å². The lowest BCUT2D eigenvalue weighted by atomic mass is 10.2. The summed E-state index contributed by atoms with van der Waals surface area (Å²) in [4.78, 5) is 11.4. The van der Waals surface area contributed by atoms with E-state index in [9.17, 15) is 18.0 Å². The Morgan fingerprint density at radius 3 is 2.36 bits per heavy atom. The van der Waals surface area contributed by atoms with E-state index in [-0.39, 0.29) is 13.1 Å². The lowest BCUT2D eigenvalue weighted by Gasteiger charge is -2.19. The maximum absolute atomic E-state index is 12.7. The van der Waals surface area contributed by atoms with Gasteiger partial charge < -0.3 is 15.4 Å². The standard InChI is InChI=1S/C14H18BrF3N2O2/c1-13(2,3)22-12(21)20-5-4-19-11-7-9(14(16,17)18)6-10(15)8-11/h6-8,19H,4-5H2,1-3H3,(H,20,21). The highest BCUT2D eigenvalue weighted by atomic mass is 79.9. The second kappa shape index (κ2) is 7.21. The van der Waals surface area contributed by atoms with Gasteiger partial charge >= 0.3 is 12.3 Å². The van der Waals surface area contributed by atoms with Crippen molar-refractivity contribution in [2.24, 2.45) is 0 Å². The number of benzene rings is 1. The van der Waals surface area contributed by atoms with Crippen molar-refractivity contribution in [1.29, 1.82) is 0 Å². The fourth-order valence-corrected chi connectivity index (χ4v) is 2.03. The predicted octanol–water partition coefficient (Wildman–Crippen LogP) is 4.40. The molecule has 0 aromatic heterocycles. The van der Waals surface area contributed by atoms with E-state index in [1.165, 1.54) is 6.07 Å². The van der Waals surface area contributed by atoms with Crippen molar-refractivity contribution in [1.82, 2.24) is 5.32 Å². The van der Waals surface area contributed by atoms with Gasteiger partial charge in [-0.1, -0.05) is 15.9 Å². The van der Waals surface area contributed by atoms with Crippen molar-refractivity contribution in [3.8, 4) is 0 Å². The van der Waals surface area contributed by atoms with Crippen molar-refractivity contribution in [2.75, 3.05) is 18.4 Å². The Labute approximate surface area is 135 Å². The van der Waals surface area contributed by atoms with Gasteiger partial charge in [0.05, 0.1) is 5.56 Å². The Morgan fingerprint density at radius 2 is 1.82 bits per heavy atom. The summed E-state index contributed by atoms with van der Waals surface area (Å²) >= 11 is 3.04. The first-order valence-electron chi connectivity index (χ1n) is 6.56. The van der Waals surface area contributed by atoms with Crippen molar-refractivity contribution in [3.05, 3.63) is 28.2 Å². The second-order valence-electron chi connectivity index (χ2n) is 5.58. The summed E-state index contributed by atoms with van der Waals surface area (Å²) in [7, 11) is 0. The summed E-state index contributed by atoms with van der Waals surface area (Å²) in [6, 6.07) is 3.55. The zero-order valence-electron chi connectivity index (χ0n) is 12.5. The molecule has 2 N–H and O–H groups in total. The van der Waals surface area contributed by atoms with Crippen molar-refractivity contribution >= 4 is 27.7 Å².